The van der Waals surface area contributed by atoms with Gasteiger partial charge in [0.2, 0.25) is 5.88 Å². The molecule has 2 aromatic rings. The Morgan fingerprint density at radius 1 is 1.39 bits per heavy atom. The Morgan fingerprint density at radius 2 is 2.22 bits per heavy atom. The zero-order valence-corrected chi connectivity index (χ0v) is 9.70. The monoisotopic (exact) mass is 245 g/mol. The first-order valence-electron chi connectivity index (χ1n) is 5.36. The van der Waals surface area contributed by atoms with Gasteiger partial charge in [0, 0.05) is 17.8 Å². The number of carbonyl (C=O) groups is 1. The molecule has 0 aromatic carbocycles. The van der Waals surface area contributed by atoms with Crippen molar-refractivity contribution >= 4 is 5.97 Å². The highest BCUT2D eigenvalue weighted by Crippen LogP contribution is 2.18. The number of pyridine rings is 1. The van der Waals surface area contributed by atoms with Crippen molar-refractivity contribution in [1.29, 1.82) is 0 Å². The van der Waals surface area contributed by atoms with E-state index >= 15 is 0 Å². The summed E-state index contributed by atoms with van der Waals surface area (Å²) in [6.07, 6.45) is 2.77. The van der Waals surface area contributed by atoms with Crippen molar-refractivity contribution in [3.63, 3.8) is 0 Å². The minimum absolute atomic E-state index is 0.0916. The maximum Gasteiger partial charge on any atom is 0.337 e. The van der Waals surface area contributed by atoms with Crippen LogP contribution in [-0.4, -0.2) is 32.9 Å². The summed E-state index contributed by atoms with van der Waals surface area (Å²) in [6, 6.07) is 4.91. The third-order valence-electron chi connectivity index (χ3n) is 2.23. The van der Waals surface area contributed by atoms with E-state index in [-0.39, 0.29) is 5.56 Å². The second kappa shape index (κ2) is 5.22. The summed E-state index contributed by atoms with van der Waals surface area (Å²) in [7, 11) is 0. The zero-order valence-electron chi connectivity index (χ0n) is 9.70. The highest BCUT2D eigenvalue weighted by molar-refractivity contribution is 5.88. The maximum atomic E-state index is 10.8. The van der Waals surface area contributed by atoms with Crippen LogP contribution in [0.25, 0.3) is 11.3 Å². The molecule has 2 rings (SSSR count). The van der Waals surface area contributed by atoms with E-state index in [9.17, 15) is 4.79 Å². The third-order valence-corrected chi connectivity index (χ3v) is 2.23. The number of carboxylic acids is 1. The molecule has 0 fully saturated rings. The quantitative estimate of drug-likeness (QED) is 0.881. The number of carboxylic acid groups (broad SMARTS) is 1. The molecular formula is C12H11N3O3. The molecule has 0 aliphatic heterocycles. The van der Waals surface area contributed by atoms with E-state index in [1.807, 2.05) is 6.92 Å². The van der Waals surface area contributed by atoms with Crippen molar-refractivity contribution in [3.8, 4) is 17.1 Å². The second-order valence-electron chi connectivity index (χ2n) is 3.45. The van der Waals surface area contributed by atoms with Gasteiger partial charge in [0.15, 0.2) is 0 Å². The zero-order chi connectivity index (χ0) is 13.0. The SMILES string of the molecule is CCOc1ccc(-c2cc(C(=O)O)cnn2)cn1. The molecule has 0 atom stereocenters. The topological polar surface area (TPSA) is 85.2 Å². The number of ether oxygens (including phenoxy) is 1. The summed E-state index contributed by atoms with van der Waals surface area (Å²) >= 11 is 0. The van der Waals surface area contributed by atoms with Gasteiger partial charge in [-0.25, -0.2) is 9.78 Å². The molecule has 0 aliphatic carbocycles. The Labute approximate surface area is 103 Å². The van der Waals surface area contributed by atoms with Gasteiger partial charge in [0.1, 0.15) is 0 Å². The van der Waals surface area contributed by atoms with E-state index in [4.69, 9.17) is 9.84 Å². The van der Waals surface area contributed by atoms with Crippen LogP contribution in [0, 0.1) is 0 Å². The largest absolute Gasteiger partial charge is 0.478 e. The molecule has 0 saturated heterocycles. The molecule has 0 radical (unpaired) electrons. The van der Waals surface area contributed by atoms with Crippen LogP contribution in [0.15, 0.2) is 30.6 Å². The number of aromatic carboxylic acids is 1. The minimum Gasteiger partial charge on any atom is -0.478 e. The molecule has 6 nitrogen and oxygen atoms in total. The van der Waals surface area contributed by atoms with Crippen LogP contribution in [-0.2, 0) is 0 Å². The number of aromatic nitrogens is 3. The highest BCUT2D eigenvalue weighted by Gasteiger charge is 2.07. The van der Waals surface area contributed by atoms with Crippen molar-refractivity contribution < 1.29 is 14.6 Å². The molecule has 0 saturated carbocycles. The van der Waals surface area contributed by atoms with E-state index in [1.54, 1.807) is 18.3 Å². The Bertz CT molecular complexity index is 555. The molecular weight excluding hydrogens is 234 g/mol. The van der Waals surface area contributed by atoms with E-state index in [1.165, 1.54) is 12.3 Å². The Morgan fingerprint density at radius 3 is 2.83 bits per heavy atom. The van der Waals surface area contributed by atoms with Gasteiger partial charge in [0.25, 0.3) is 0 Å². The summed E-state index contributed by atoms with van der Waals surface area (Å²) in [4.78, 5) is 14.9. The van der Waals surface area contributed by atoms with Gasteiger partial charge in [0.05, 0.1) is 24.1 Å². The van der Waals surface area contributed by atoms with Gasteiger partial charge in [-0.15, -0.1) is 0 Å². The molecule has 0 bridgehead atoms. The number of nitrogens with zero attached hydrogens (tertiary/aromatic N) is 3. The first kappa shape index (κ1) is 12.0. The molecule has 2 aromatic heterocycles. The maximum absolute atomic E-state index is 10.8. The Hall–Kier alpha value is -2.50. The van der Waals surface area contributed by atoms with Crippen LogP contribution in [0.5, 0.6) is 5.88 Å². The van der Waals surface area contributed by atoms with Gasteiger partial charge in [-0.05, 0) is 19.1 Å². The van der Waals surface area contributed by atoms with Crippen LogP contribution in [0.3, 0.4) is 0 Å². The van der Waals surface area contributed by atoms with Gasteiger partial charge < -0.3 is 9.84 Å². The summed E-state index contributed by atoms with van der Waals surface area (Å²) in [5.41, 5.74) is 1.24. The van der Waals surface area contributed by atoms with Crippen molar-refractivity contribution in [2.75, 3.05) is 6.61 Å². The fraction of sp³-hybridized carbons (Fsp3) is 0.167. The minimum atomic E-state index is -1.04. The lowest BCUT2D eigenvalue weighted by Crippen LogP contribution is -2.00. The van der Waals surface area contributed by atoms with Gasteiger partial charge in [-0.3, -0.25) is 0 Å². The third kappa shape index (κ3) is 2.60. The summed E-state index contributed by atoms with van der Waals surface area (Å²) in [5, 5.41) is 16.4. The van der Waals surface area contributed by atoms with Gasteiger partial charge in [-0.2, -0.15) is 10.2 Å². The fourth-order valence-electron chi connectivity index (χ4n) is 1.39. The van der Waals surface area contributed by atoms with Crippen molar-refractivity contribution in [3.05, 3.63) is 36.2 Å². The Balaban J connectivity index is 2.30. The molecule has 0 unspecified atom stereocenters. The first-order valence-corrected chi connectivity index (χ1v) is 5.36. The second-order valence-corrected chi connectivity index (χ2v) is 3.45. The predicted octanol–water partition coefficient (Wildman–Crippen LogP) is 1.64. The van der Waals surface area contributed by atoms with E-state index in [2.05, 4.69) is 15.2 Å². The van der Waals surface area contributed by atoms with Crippen LogP contribution >= 0.6 is 0 Å². The molecule has 18 heavy (non-hydrogen) atoms. The van der Waals surface area contributed by atoms with E-state index in [0.717, 1.165) is 0 Å². The van der Waals surface area contributed by atoms with Gasteiger partial charge in [-0.1, -0.05) is 0 Å². The number of rotatable bonds is 4. The van der Waals surface area contributed by atoms with Crippen molar-refractivity contribution in [1.82, 2.24) is 15.2 Å². The normalized spacial score (nSPS) is 10.1. The van der Waals surface area contributed by atoms with Crippen LogP contribution in [0.2, 0.25) is 0 Å². The molecule has 1 N–H and O–H groups in total. The Kier molecular flexibility index (Phi) is 3.47. The lowest BCUT2D eigenvalue weighted by molar-refractivity contribution is 0.0696. The number of hydrogen-bond acceptors (Lipinski definition) is 5. The van der Waals surface area contributed by atoms with Crippen molar-refractivity contribution in [2.24, 2.45) is 0 Å². The van der Waals surface area contributed by atoms with Gasteiger partial charge >= 0.3 is 5.97 Å². The first-order chi connectivity index (χ1) is 8.70. The molecule has 6 heteroatoms. The standard InChI is InChI=1S/C12H11N3O3/c1-2-18-11-4-3-8(6-13-11)10-5-9(12(16)17)7-14-15-10/h3-7H,2H2,1H3,(H,16,17). The molecule has 92 valence electrons. The average molecular weight is 245 g/mol. The van der Waals surface area contributed by atoms with E-state index in [0.29, 0.717) is 23.7 Å². The van der Waals surface area contributed by atoms with Crippen LogP contribution < -0.4 is 4.74 Å². The lowest BCUT2D eigenvalue weighted by atomic mass is 10.1. The predicted molar refractivity (Wildman–Crippen MR) is 63.4 cm³/mol. The number of hydrogen-bond donors (Lipinski definition) is 1. The average Bonchev–Trinajstić information content (AvgIpc) is 2.40. The summed E-state index contributed by atoms with van der Waals surface area (Å²) in [6.45, 7) is 2.41. The van der Waals surface area contributed by atoms with Crippen LogP contribution in [0.4, 0.5) is 0 Å². The summed E-state index contributed by atoms with van der Waals surface area (Å²) < 4.78 is 5.22. The van der Waals surface area contributed by atoms with E-state index < -0.39 is 5.97 Å². The highest BCUT2D eigenvalue weighted by atomic mass is 16.5. The lowest BCUT2D eigenvalue weighted by Gasteiger charge is -2.03. The van der Waals surface area contributed by atoms with Crippen LogP contribution in [0.1, 0.15) is 17.3 Å². The van der Waals surface area contributed by atoms with Crippen molar-refractivity contribution in [2.45, 2.75) is 6.92 Å². The molecule has 0 aliphatic rings. The molecule has 0 amide bonds. The molecule has 0 spiro atoms. The smallest absolute Gasteiger partial charge is 0.337 e. The fourth-order valence-corrected chi connectivity index (χ4v) is 1.39. The summed E-state index contributed by atoms with van der Waals surface area (Å²) in [5.74, 6) is -0.520. The molecule has 2 heterocycles.